The number of hydrogen-bond acceptors (Lipinski definition) is 5. The maximum Gasteiger partial charge on any atom is 0.217 e. The molecule has 6 nitrogen and oxygen atoms in total. The molecule has 0 aromatic carbocycles. The van der Waals surface area contributed by atoms with Crippen molar-refractivity contribution in [3.8, 4) is 0 Å². The zero-order valence-electron chi connectivity index (χ0n) is 10.8. The lowest BCUT2D eigenvalue weighted by atomic mass is 10.0. The van der Waals surface area contributed by atoms with Crippen LogP contribution in [0.5, 0.6) is 0 Å². The van der Waals surface area contributed by atoms with Gasteiger partial charge in [-0.2, -0.15) is 5.10 Å². The molecule has 1 aromatic heterocycles. The van der Waals surface area contributed by atoms with Crippen LogP contribution in [0, 0.1) is 0 Å². The summed E-state index contributed by atoms with van der Waals surface area (Å²) in [6, 6.07) is 2.02. The largest absolute Gasteiger partial charge is 0.389 e. The summed E-state index contributed by atoms with van der Waals surface area (Å²) in [6.07, 6.45) is 3.35. The highest BCUT2D eigenvalue weighted by molar-refractivity contribution is 7.80. The van der Waals surface area contributed by atoms with E-state index in [-0.39, 0.29) is 11.9 Å². The van der Waals surface area contributed by atoms with Gasteiger partial charge in [-0.25, -0.2) is 0 Å². The highest BCUT2D eigenvalue weighted by atomic mass is 32.1. The molecule has 7 heteroatoms. The molecule has 19 heavy (non-hydrogen) atoms. The van der Waals surface area contributed by atoms with Gasteiger partial charge in [-0.3, -0.25) is 4.79 Å². The number of thiocarbonyl (C=S) groups is 1. The summed E-state index contributed by atoms with van der Waals surface area (Å²) in [4.78, 5) is 13.5. The first-order valence-corrected chi connectivity index (χ1v) is 6.62. The Morgan fingerprint density at radius 1 is 1.53 bits per heavy atom. The lowest BCUT2D eigenvalue weighted by Crippen LogP contribution is -2.44. The van der Waals surface area contributed by atoms with E-state index in [0.29, 0.717) is 4.99 Å². The molecule has 0 unspecified atom stereocenters. The quantitative estimate of drug-likeness (QED) is 0.770. The van der Waals surface area contributed by atoms with Crippen molar-refractivity contribution >= 4 is 28.9 Å². The smallest absolute Gasteiger partial charge is 0.217 e. The second-order valence-electron chi connectivity index (χ2n) is 4.59. The summed E-state index contributed by atoms with van der Waals surface area (Å²) >= 11 is 5.03. The lowest BCUT2D eigenvalue weighted by Gasteiger charge is -2.33. The Balaban J connectivity index is 2.05. The van der Waals surface area contributed by atoms with E-state index in [4.69, 9.17) is 18.0 Å². The number of nitrogens with zero attached hydrogens (tertiary/aromatic N) is 3. The zero-order valence-corrected chi connectivity index (χ0v) is 11.6. The molecule has 1 fully saturated rings. The molecule has 102 valence electrons. The molecule has 0 atom stereocenters. The second-order valence-corrected chi connectivity index (χ2v) is 5.03. The molecule has 2 rings (SSSR count). The molecular formula is C12H17N5OS. The molecule has 0 saturated carbocycles. The fourth-order valence-corrected chi connectivity index (χ4v) is 2.43. The van der Waals surface area contributed by atoms with E-state index >= 15 is 0 Å². The van der Waals surface area contributed by atoms with Crippen molar-refractivity contribution in [2.24, 2.45) is 5.73 Å². The Hall–Kier alpha value is -1.76. The van der Waals surface area contributed by atoms with E-state index < -0.39 is 0 Å². The third-order valence-electron chi connectivity index (χ3n) is 3.17. The van der Waals surface area contributed by atoms with Crippen LogP contribution < -0.4 is 16.0 Å². The standard InChI is InChI=1S/C12H17N5OS/c1-8(18)15-9-3-6-17(7-4-9)12-10(11(13)19)2-5-14-16-12/h2,5,9H,3-4,6-7H2,1H3,(H2,13,19)(H,15,18). The maximum absolute atomic E-state index is 11.0. The predicted octanol–water partition coefficient (Wildman–Crippen LogP) is 0.216. The van der Waals surface area contributed by atoms with Gasteiger partial charge in [0.2, 0.25) is 5.91 Å². The van der Waals surface area contributed by atoms with Crippen molar-refractivity contribution in [1.82, 2.24) is 15.5 Å². The number of carbonyl (C=O) groups excluding carboxylic acids is 1. The molecule has 0 spiro atoms. The molecular weight excluding hydrogens is 262 g/mol. The highest BCUT2D eigenvalue weighted by Gasteiger charge is 2.23. The second kappa shape index (κ2) is 5.92. The molecule has 1 aliphatic heterocycles. The van der Waals surface area contributed by atoms with Crippen molar-refractivity contribution in [2.75, 3.05) is 18.0 Å². The minimum Gasteiger partial charge on any atom is -0.389 e. The molecule has 1 amide bonds. The van der Waals surface area contributed by atoms with Gasteiger partial charge in [-0.15, -0.1) is 5.10 Å². The third kappa shape index (κ3) is 3.37. The molecule has 2 heterocycles. The number of aromatic nitrogens is 2. The van der Waals surface area contributed by atoms with Crippen LogP contribution in [0.1, 0.15) is 25.3 Å². The van der Waals surface area contributed by atoms with Gasteiger partial charge in [0.25, 0.3) is 0 Å². The highest BCUT2D eigenvalue weighted by Crippen LogP contribution is 2.21. The van der Waals surface area contributed by atoms with Gasteiger partial charge in [0.15, 0.2) is 5.82 Å². The summed E-state index contributed by atoms with van der Waals surface area (Å²) in [5, 5.41) is 11.0. The van der Waals surface area contributed by atoms with Crippen molar-refractivity contribution in [1.29, 1.82) is 0 Å². The van der Waals surface area contributed by atoms with E-state index in [1.165, 1.54) is 0 Å². The van der Waals surface area contributed by atoms with Gasteiger partial charge in [0, 0.05) is 26.1 Å². The van der Waals surface area contributed by atoms with E-state index in [9.17, 15) is 4.79 Å². The van der Waals surface area contributed by atoms with Crippen molar-refractivity contribution in [3.63, 3.8) is 0 Å². The van der Waals surface area contributed by atoms with Crippen LogP contribution in [0.25, 0.3) is 0 Å². The van der Waals surface area contributed by atoms with E-state index in [2.05, 4.69) is 20.4 Å². The predicted molar refractivity (Wildman–Crippen MR) is 77.0 cm³/mol. The van der Waals surface area contributed by atoms with Crippen LogP contribution in [0.15, 0.2) is 12.3 Å². The Bertz CT molecular complexity index is 485. The average molecular weight is 279 g/mol. The van der Waals surface area contributed by atoms with Gasteiger partial charge in [-0.05, 0) is 18.9 Å². The summed E-state index contributed by atoms with van der Waals surface area (Å²) in [7, 11) is 0. The number of anilines is 1. The fourth-order valence-electron chi connectivity index (χ4n) is 2.27. The van der Waals surface area contributed by atoms with Crippen LogP contribution in [0.3, 0.4) is 0 Å². The summed E-state index contributed by atoms with van der Waals surface area (Å²) in [5.74, 6) is 0.748. The van der Waals surface area contributed by atoms with Gasteiger partial charge in [0.05, 0.1) is 11.8 Å². The first kappa shape index (κ1) is 13.7. The van der Waals surface area contributed by atoms with E-state index in [1.807, 2.05) is 0 Å². The molecule has 0 radical (unpaired) electrons. The minimum absolute atomic E-state index is 0.0155. The Morgan fingerprint density at radius 3 is 2.79 bits per heavy atom. The molecule has 3 N–H and O–H groups in total. The van der Waals surface area contributed by atoms with Gasteiger partial charge < -0.3 is 16.0 Å². The zero-order chi connectivity index (χ0) is 13.8. The summed E-state index contributed by atoms with van der Waals surface area (Å²) in [5.41, 5.74) is 6.45. The number of nitrogens with one attached hydrogen (secondary N) is 1. The molecule has 1 aromatic rings. The first-order valence-electron chi connectivity index (χ1n) is 6.21. The topological polar surface area (TPSA) is 84.1 Å². The van der Waals surface area contributed by atoms with Crippen LogP contribution in [0.4, 0.5) is 5.82 Å². The Labute approximate surface area is 117 Å². The van der Waals surface area contributed by atoms with Crippen LogP contribution in [-0.2, 0) is 4.79 Å². The van der Waals surface area contributed by atoms with E-state index in [0.717, 1.165) is 37.3 Å². The summed E-state index contributed by atoms with van der Waals surface area (Å²) < 4.78 is 0. The van der Waals surface area contributed by atoms with Gasteiger partial charge >= 0.3 is 0 Å². The van der Waals surface area contributed by atoms with Crippen molar-refractivity contribution in [2.45, 2.75) is 25.8 Å². The van der Waals surface area contributed by atoms with Crippen LogP contribution in [-0.4, -0.2) is 40.2 Å². The van der Waals surface area contributed by atoms with Crippen LogP contribution >= 0.6 is 12.2 Å². The average Bonchev–Trinajstić information content (AvgIpc) is 2.39. The minimum atomic E-state index is 0.0155. The first-order chi connectivity index (χ1) is 9.08. The normalized spacial score (nSPS) is 16.2. The van der Waals surface area contributed by atoms with Crippen molar-refractivity contribution in [3.05, 3.63) is 17.8 Å². The molecule has 0 bridgehead atoms. The number of rotatable bonds is 3. The number of nitrogens with two attached hydrogens (primary N) is 1. The molecule has 1 aliphatic rings. The number of hydrogen-bond donors (Lipinski definition) is 2. The Kier molecular flexibility index (Phi) is 4.26. The third-order valence-corrected chi connectivity index (χ3v) is 3.39. The SMILES string of the molecule is CC(=O)NC1CCN(c2nnccc2C(N)=S)CC1. The number of piperidine rings is 1. The number of carbonyl (C=O) groups is 1. The van der Waals surface area contributed by atoms with Gasteiger partial charge in [0.1, 0.15) is 4.99 Å². The number of amides is 1. The van der Waals surface area contributed by atoms with Crippen molar-refractivity contribution < 1.29 is 4.79 Å². The lowest BCUT2D eigenvalue weighted by molar-refractivity contribution is -0.119. The molecule has 1 saturated heterocycles. The van der Waals surface area contributed by atoms with Crippen LogP contribution in [0.2, 0.25) is 0 Å². The van der Waals surface area contributed by atoms with E-state index in [1.54, 1.807) is 19.2 Å². The Morgan fingerprint density at radius 2 is 2.21 bits per heavy atom. The van der Waals surface area contributed by atoms with Gasteiger partial charge in [-0.1, -0.05) is 12.2 Å². The maximum atomic E-state index is 11.0. The molecule has 0 aliphatic carbocycles. The monoisotopic (exact) mass is 279 g/mol. The summed E-state index contributed by atoms with van der Waals surface area (Å²) in [6.45, 7) is 3.15. The fraction of sp³-hybridized carbons (Fsp3) is 0.500.